The Labute approximate surface area is 200 Å². The van der Waals surface area contributed by atoms with Crippen molar-refractivity contribution in [1.29, 1.82) is 0 Å². The molecular formula is C31H38O2. The molecule has 0 spiro atoms. The van der Waals surface area contributed by atoms with Gasteiger partial charge in [-0.05, 0) is 66.1 Å². The van der Waals surface area contributed by atoms with Gasteiger partial charge in [0.2, 0.25) is 0 Å². The van der Waals surface area contributed by atoms with E-state index in [2.05, 4.69) is 88.4 Å². The average Bonchev–Trinajstić information content (AvgIpc) is 2.79. The molecule has 0 saturated carbocycles. The highest BCUT2D eigenvalue weighted by molar-refractivity contribution is 5.85. The lowest BCUT2D eigenvalue weighted by Gasteiger charge is -2.34. The first-order chi connectivity index (χ1) is 15.6. The topological polar surface area (TPSA) is 26.3 Å². The van der Waals surface area contributed by atoms with Crippen molar-refractivity contribution >= 4 is 5.78 Å². The van der Waals surface area contributed by atoms with Crippen molar-refractivity contribution in [2.45, 2.75) is 66.7 Å². The number of hydrogen-bond acceptors (Lipinski definition) is 2. The van der Waals surface area contributed by atoms with Crippen LogP contribution in [-0.4, -0.2) is 12.4 Å². The van der Waals surface area contributed by atoms with Crippen LogP contribution in [0.2, 0.25) is 0 Å². The third-order valence-corrected chi connectivity index (χ3v) is 6.99. The van der Waals surface area contributed by atoms with Gasteiger partial charge in [-0.2, -0.15) is 0 Å². The van der Waals surface area contributed by atoms with E-state index in [1.807, 2.05) is 26.8 Å². The predicted octanol–water partition coefficient (Wildman–Crippen LogP) is 8.07. The van der Waals surface area contributed by atoms with Crippen LogP contribution in [0.5, 0.6) is 5.75 Å². The van der Waals surface area contributed by atoms with Gasteiger partial charge in [-0.15, -0.1) is 0 Å². The van der Waals surface area contributed by atoms with E-state index in [4.69, 9.17) is 4.74 Å². The van der Waals surface area contributed by atoms with Gasteiger partial charge in [-0.25, -0.2) is 0 Å². The molecule has 3 aromatic carbocycles. The van der Waals surface area contributed by atoms with Crippen LogP contribution >= 0.6 is 0 Å². The molecular weight excluding hydrogens is 404 g/mol. The maximum absolute atomic E-state index is 12.3. The summed E-state index contributed by atoms with van der Waals surface area (Å²) in [6.07, 6.45) is 2.02. The first-order valence-corrected chi connectivity index (χ1v) is 12.1. The second kappa shape index (κ2) is 9.95. The standard InChI is InChI=1S/C31H38O2/c1-8-31(9-2,25-15-17-27(22(3)19-25)24-13-11-10-12-14-24)26-16-18-28(23(4)20-26)33-21-29(32)30(5,6)7/h10-20H,8-9,21H2,1-7H3. The number of rotatable bonds is 8. The molecule has 3 aromatic rings. The number of ether oxygens (including phenoxy) is 1. The van der Waals surface area contributed by atoms with Gasteiger partial charge in [-0.3, -0.25) is 4.79 Å². The molecule has 2 heteroatoms. The lowest BCUT2D eigenvalue weighted by Crippen LogP contribution is -2.27. The lowest BCUT2D eigenvalue weighted by molar-refractivity contribution is -0.128. The maximum atomic E-state index is 12.3. The van der Waals surface area contributed by atoms with E-state index in [9.17, 15) is 4.79 Å². The molecule has 0 fully saturated rings. The normalized spacial score (nSPS) is 12.0. The van der Waals surface area contributed by atoms with Crippen LogP contribution in [0.25, 0.3) is 11.1 Å². The van der Waals surface area contributed by atoms with E-state index < -0.39 is 5.41 Å². The van der Waals surface area contributed by atoms with E-state index >= 15 is 0 Å². The molecule has 0 atom stereocenters. The number of hydrogen-bond donors (Lipinski definition) is 0. The highest BCUT2D eigenvalue weighted by Gasteiger charge is 2.31. The molecule has 2 nitrogen and oxygen atoms in total. The minimum atomic E-state index is -0.392. The number of benzene rings is 3. The monoisotopic (exact) mass is 442 g/mol. The average molecular weight is 443 g/mol. The van der Waals surface area contributed by atoms with Gasteiger partial charge in [0.15, 0.2) is 5.78 Å². The molecule has 33 heavy (non-hydrogen) atoms. The van der Waals surface area contributed by atoms with Gasteiger partial charge in [0, 0.05) is 10.8 Å². The highest BCUT2D eigenvalue weighted by atomic mass is 16.5. The third kappa shape index (κ3) is 5.21. The summed E-state index contributed by atoms with van der Waals surface area (Å²) in [5.74, 6) is 0.893. The molecule has 0 bridgehead atoms. The highest BCUT2D eigenvalue weighted by Crippen LogP contribution is 2.41. The minimum Gasteiger partial charge on any atom is -0.486 e. The second-order valence-corrected chi connectivity index (χ2v) is 10.1. The van der Waals surface area contributed by atoms with Crippen LogP contribution < -0.4 is 4.74 Å². The molecule has 3 rings (SSSR count). The van der Waals surface area contributed by atoms with E-state index in [-0.39, 0.29) is 17.8 Å². The Morgan fingerprint density at radius 1 is 0.788 bits per heavy atom. The number of aryl methyl sites for hydroxylation is 2. The van der Waals surface area contributed by atoms with E-state index in [0.717, 1.165) is 24.2 Å². The van der Waals surface area contributed by atoms with Gasteiger partial charge >= 0.3 is 0 Å². The first kappa shape index (κ1) is 24.8. The zero-order valence-corrected chi connectivity index (χ0v) is 21.3. The van der Waals surface area contributed by atoms with E-state index in [1.54, 1.807) is 0 Å². The Hall–Kier alpha value is -2.87. The van der Waals surface area contributed by atoms with Crippen molar-refractivity contribution in [3.63, 3.8) is 0 Å². The molecule has 0 heterocycles. The summed E-state index contributed by atoms with van der Waals surface area (Å²) in [6, 6.07) is 23.9. The summed E-state index contributed by atoms with van der Waals surface area (Å²) in [6.45, 7) is 14.7. The summed E-state index contributed by atoms with van der Waals surface area (Å²) >= 11 is 0. The summed E-state index contributed by atoms with van der Waals surface area (Å²) < 4.78 is 5.90. The fraction of sp³-hybridized carbons (Fsp3) is 0.387. The Kier molecular flexibility index (Phi) is 7.47. The molecule has 0 aliphatic carbocycles. The van der Waals surface area contributed by atoms with Crippen molar-refractivity contribution in [2.24, 2.45) is 5.41 Å². The molecule has 0 amide bonds. The number of ketones is 1. The summed E-state index contributed by atoms with van der Waals surface area (Å²) in [5, 5.41) is 0. The molecule has 0 unspecified atom stereocenters. The molecule has 0 aliphatic rings. The van der Waals surface area contributed by atoms with Crippen molar-refractivity contribution in [3.8, 4) is 16.9 Å². The van der Waals surface area contributed by atoms with Crippen molar-refractivity contribution < 1.29 is 9.53 Å². The Bertz CT molecular complexity index is 1100. The molecule has 0 saturated heterocycles. The van der Waals surface area contributed by atoms with Gasteiger partial charge < -0.3 is 4.74 Å². The fourth-order valence-electron chi connectivity index (χ4n) is 4.60. The Morgan fingerprint density at radius 2 is 1.36 bits per heavy atom. The molecule has 0 N–H and O–H groups in total. The molecule has 0 radical (unpaired) electrons. The quantitative estimate of drug-likeness (QED) is 0.352. The minimum absolute atomic E-state index is 0.0650. The third-order valence-electron chi connectivity index (χ3n) is 6.99. The van der Waals surface area contributed by atoms with Crippen LogP contribution in [0.4, 0.5) is 0 Å². The number of carbonyl (C=O) groups excluding carboxylic acids is 1. The predicted molar refractivity (Wildman–Crippen MR) is 139 cm³/mol. The molecule has 174 valence electrons. The SMILES string of the molecule is CCC(CC)(c1ccc(OCC(=O)C(C)(C)C)c(C)c1)c1ccc(-c2ccccc2)c(C)c1. The van der Waals surface area contributed by atoms with Crippen molar-refractivity contribution in [1.82, 2.24) is 0 Å². The zero-order chi connectivity index (χ0) is 24.2. The zero-order valence-electron chi connectivity index (χ0n) is 21.3. The molecule has 0 aliphatic heterocycles. The fourth-order valence-corrected chi connectivity index (χ4v) is 4.60. The lowest BCUT2D eigenvalue weighted by atomic mass is 9.69. The van der Waals surface area contributed by atoms with Gasteiger partial charge in [0.05, 0.1) is 0 Å². The molecule has 0 aromatic heterocycles. The summed E-state index contributed by atoms with van der Waals surface area (Å²) in [5.41, 5.74) is 7.08. The summed E-state index contributed by atoms with van der Waals surface area (Å²) in [7, 11) is 0. The summed E-state index contributed by atoms with van der Waals surface area (Å²) in [4.78, 5) is 12.3. The van der Waals surface area contributed by atoms with E-state index in [0.29, 0.717) is 0 Å². The number of carbonyl (C=O) groups is 1. The van der Waals surface area contributed by atoms with E-state index in [1.165, 1.54) is 27.8 Å². The second-order valence-electron chi connectivity index (χ2n) is 10.1. The van der Waals surface area contributed by atoms with Crippen molar-refractivity contribution in [3.05, 3.63) is 89.0 Å². The van der Waals surface area contributed by atoms with Crippen LogP contribution in [0.1, 0.15) is 69.7 Å². The Balaban J connectivity index is 1.94. The van der Waals surface area contributed by atoms with Crippen LogP contribution in [-0.2, 0) is 10.2 Å². The van der Waals surface area contributed by atoms with Gasteiger partial charge in [-0.1, -0.05) is 95.3 Å². The van der Waals surface area contributed by atoms with Gasteiger partial charge in [0.1, 0.15) is 12.4 Å². The van der Waals surface area contributed by atoms with Crippen LogP contribution in [0.15, 0.2) is 66.7 Å². The largest absolute Gasteiger partial charge is 0.486 e. The van der Waals surface area contributed by atoms with Gasteiger partial charge in [0.25, 0.3) is 0 Å². The maximum Gasteiger partial charge on any atom is 0.175 e. The van der Waals surface area contributed by atoms with Crippen molar-refractivity contribution in [2.75, 3.05) is 6.61 Å². The number of Topliss-reactive ketones (excluding diaryl/α,β-unsaturated/α-hetero) is 1. The smallest absolute Gasteiger partial charge is 0.175 e. The van der Waals surface area contributed by atoms with Crippen LogP contribution in [0, 0.1) is 19.3 Å². The Morgan fingerprint density at radius 3 is 1.88 bits per heavy atom. The van der Waals surface area contributed by atoms with Crippen LogP contribution in [0.3, 0.4) is 0 Å². The first-order valence-electron chi connectivity index (χ1n) is 12.1.